The molecule has 0 radical (unpaired) electrons. The van der Waals surface area contributed by atoms with Crippen LogP contribution >= 0.6 is 0 Å². The van der Waals surface area contributed by atoms with Crippen molar-refractivity contribution in [2.24, 2.45) is 0 Å². The van der Waals surface area contributed by atoms with Gasteiger partial charge in [-0.25, -0.2) is 9.59 Å². The van der Waals surface area contributed by atoms with Crippen molar-refractivity contribution in [2.45, 2.75) is 12.5 Å². The summed E-state index contributed by atoms with van der Waals surface area (Å²) in [5.41, 5.74) is 0.398. The highest BCUT2D eigenvalue weighted by Crippen LogP contribution is 2.47. The van der Waals surface area contributed by atoms with E-state index in [0.29, 0.717) is 34.2 Å². The van der Waals surface area contributed by atoms with Gasteiger partial charge in [0.1, 0.15) is 12.4 Å². The Morgan fingerprint density at radius 1 is 1.28 bits per heavy atom. The van der Waals surface area contributed by atoms with Crippen molar-refractivity contribution < 1.29 is 19.0 Å². The first kappa shape index (κ1) is 18.6. The zero-order chi connectivity index (χ0) is 20.7. The molecule has 4 rings (SSSR count). The lowest BCUT2D eigenvalue weighted by atomic mass is 9.82. The largest absolute Gasteiger partial charge is 0.493 e. The number of esters is 1. The Kier molecular flexibility index (Phi) is 4.50. The molecule has 2 aliphatic heterocycles. The Balaban J connectivity index is 2.08. The van der Waals surface area contributed by atoms with E-state index >= 15 is 0 Å². The number of anilines is 1. The van der Waals surface area contributed by atoms with Gasteiger partial charge >= 0.3 is 11.7 Å². The molecule has 0 fully saturated rings. The Morgan fingerprint density at radius 3 is 2.76 bits per heavy atom. The predicted octanol–water partition coefficient (Wildman–Crippen LogP) is 1.11. The van der Waals surface area contributed by atoms with Gasteiger partial charge in [-0.3, -0.25) is 14.3 Å². The molecule has 2 aliphatic rings. The van der Waals surface area contributed by atoms with Crippen molar-refractivity contribution in [3.63, 3.8) is 0 Å². The molecule has 2 N–H and O–H groups in total. The fraction of sp³-hybridized carbons (Fsp3) is 0.250. The van der Waals surface area contributed by atoms with E-state index in [4.69, 9.17) is 14.2 Å². The van der Waals surface area contributed by atoms with E-state index in [-0.39, 0.29) is 18.7 Å². The number of benzene rings is 1. The number of hydrogen-bond donors (Lipinski definition) is 2. The van der Waals surface area contributed by atoms with E-state index in [0.717, 1.165) is 0 Å². The van der Waals surface area contributed by atoms with Crippen LogP contribution in [0, 0.1) is 0 Å². The van der Waals surface area contributed by atoms with Gasteiger partial charge in [0, 0.05) is 12.1 Å². The SMILES string of the molecule is C=CCn1c2c(c(=O)[nH]c1=O)[C@@H](c1cccc(OC)c1OC)C1=C(COC1=O)N2. The highest BCUT2D eigenvalue weighted by molar-refractivity contribution is 5.97. The number of cyclic esters (lactones) is 1. The lowest BCUT2D eigenvalue weighted by Crippen LogP contribution is -2.38. The first-order chi connectivity index (χ1) is 14.0. The molecule has 0 spiro atoms. The normalized spacial score (nSPS) is 17.2. The summed E-state index contributed by atoms with van der Waals surface area (Å²) in [4.78, 5) is 40.2. The summed E-state index contributed by atoms with van der Waals surface area (Å²) in [6.45, 7) is 3.86. The zero-order valence-corrected chi connectivity index (χ0v) is 15.9. The molecular weight excluding hydrogens is 378 g/mol. The van der Waals surface area contributed by atoms with Crippen LogP contribution in [-0.4, -0.2) is 36.3 Å². The number of H-pyrrole nitrogens is 1. The third kappa shape index (κ3) is 2.74. The molecule has 2 aromatic rings. The molecule has 9 nitrogen and oxygen atoms in total. The van der Waals surface area contributed by atoms with Crippen molar-refractivity contribution in [3.8, 4) is 11.5 Å². The number of aromatic nitrogens is 2. The van der Waals surface area contributed by atoms with E-state index in [1.807, 2.05) is 0 Å². The maximum atomic E-state index is 12.9. The van der Waals surface area contributed by atoms with Crippen molar-refractivity contribution >= 4 is 11.8 Å². The minimum atomic E-state index is -0.804. The van der Waals surface area contributed by atoms with Crippen LogP contribution in [0.3, 0.4) is 0 Å². The van der Waals surface area contributed by atoms with Gasteiger partial charge in [-0.1, -0.05) is 18.2 Å². The highest BCUT2D eigenvalue weighted by atomic mass is 16.5. The molecule has 150 valence electrons. The molecule has 0 amide bonds. The molecule has 9 heteroatoms. The van der Waals surface area contributed by atoms with Crippen molar-refractivity contribution in [1.29, 1.82) is 0 Å². The number of nitrogens with one attached hydrogen (secondary N) is 2. The lowest BCUT2D eigenvalue weighted by molar-refractivity contribution is -0.136. The second kappa shape index (κ2) is 7.01. The van der Waals surface area contributed by atoms with Crippen LogP contribution in [-0.2, 0) is 16.1 Å². The predicted molar refractivity (Wildman–Crippen MR) is 105 cm³/mol. The minimum Gasteiger partial charge on any atom is -0.493 e. The molecule has 3 heterocycles. The first-order valence-electron chi connectivity index (χ1n) is 8.87. The van der Waals surface area contributed by atoms with E-state index in [1.165, 1.54) is 18.8 Å². The van der Waals surface area contributed by atoms with Gasteiger partial charge < -0.3 is 19.5 Å². The number of hydrogen-bond acceptors (Lipinski definition) is 7. The quantitative estimate of drug-likeness (QED) is 0.574. The number of methoxy groups -OCH3 is 2. The van der Waals surface area contributed by atoms with E-state index in [2.05, 4.69) is 16.9 Å². The number of aromatic amines is 1. The van der Waals surface area contributed by atoms with Gasteiger partial charge in [-0.05, 0) is 6.07 Å². The average molecular weight is 397 g/mol. The monoisotopic (exact) mass is 397 g/mol. The van der Waals surface area contributed by atoms with Crippen molar-refractivity contribution in [3.05, 3.63) is 74.1 Å². The summed E-state index contributed by atoms with van der Waals surface area (Å²) in [6.07, 6.45) is 1.54. The van der Waals surface area contributed by atoms with Gasteiger partial charge in [-0.15, -0.1) is 6.58 Å². The second-order valence-electron chi connectivity index (χ2n) is 6.53. The average Bonchev–Trinajstić information content (AvgIpc) is 3.09. The van der Waals surface area contributed by atoms with Gasteiger partial charge in [0.2, 0.25) is 0 Å². The fourth-order valence-electron chi connectivity index (χ4n) is 3.84. The molecule has 0 saturated heterocycles. The van der Waals surface area contributed by atoms with Crippen LogP contribution in [0.5, 0.6) is 11.5 Å². The molecular formula is C20H19N3O6. The van der Waals surface area contributed by atoms with Crippen molar-refractivity contribution in [2.75, 3.05) is 26.1 Å². The van der Waals surface area contributed by atoms with Gasteiger partial charge in [0.05, 0.1) is 37.0 Å². The highest BCUT2D eigenvalue weighted by Gasteiger charge is 2.42. The number of nitrogens with zero attached hydrogens (tertiary/aromatic N) is 1. The Morgan fingerprint density at radius 2 is 2.07 bits per heavy atom. The number of rotatable bonds is 5. The summed E-state index contributed by atoms with van der Waals surface area (Å²) in [5.74, 6) is -0.198. The number of carbonyl (C=O) groups is 1. The topological polar surface area (TPSA) is 112 Å². The van der Waals surface area contributed by atoms with Crippen LogP contribution in [0.1, 0.15) is 17.0 Å². The lowest BCUT2D eigenvalue weighted by Gasteiger charge is -2.29. The summed E-state index contributed by atoms with van der Waals surface area (Å²) in [6, 6.07) is 5.21. The third-order valence-electron chi connectivity index (χ3n) is 5.03. The molecule has 29 heavy (non-hydrogen) atoms. The zero-order valence-electron chi connectivity index (χ0n) is 15.9. The maximum absolute atomic E-state index is 12.9. The summed E-state index contributed by atoms with van der Waals surface area (Å²) >= 11 is 0. The molecule has 0 aliphatic carbocycles. The molecule has 1 aromatic carbocycles. The summed E-state index contributed by atoms with van der Waals surface area (Å²) in [7, 11) is 2.98. The van der Waals surface area contributed by atoms with E-state index < -0.39 is 23.1 Å². The third-order valence-corrected chi connectivity index (χ3v) is 5.03. The first-order valence-corrected chi connectivity index (χ1v) is 8.87. The Bertz CT molecular complexity index is 1170. The van der Waals surface area contributed by atoms with E-state index in [9.17, 15) is 14.4 Å². The molecule has 0 saturated carbocycles. The number of para-hydroxylation sites is 1. The van der Waals surface area contributed by atoms with E-state index in [1.54, 1.807) is 24.3 Å². The maximum Gasteiger partial charge on any atom is 0.337 e. The van der Waals surface area contributed by atoms with Crippen LogP contribution < -0.4 is 26.0 Å². The second-order valence-corrected chi connectivity index (χ2v) is 6.53. The minimum absolute atomic E-state index is 0.0193. The van der Waals surface area contributed by atoms with Crippen LogP contribution in [0.15, 0.2) is 51.7 Å². The Labute approximate surface area is 165 Å². The number of allylic oxidation sites excluding steroid dienone is 1. The molecule has 1 aromatic heterocycles. The van der Waals surface area contributed by atoms with Crippen LogP contribution in [0.4, 0.5) is 5.82 Å². The van der Waals surface area contributed by atoms with Gasteiger partial charge in [0.25, 0.3) is 5.56 Å². The smallest absolute Gasteiger partial charge is 0.337 e. The molecule has 0 bridgehead atoms. The van der Waals surface area contributed by atoms with Gasteiger partial charge in [0.15, 0.2) is 11.5 Å². The van der Waals surface area contributed by atoms with Crippen LogP contribution in [0.25, 0.3) is 0 Å². The van der Waals surface area contributed by atoms with Crippen molar-refractivity contribution in [1.82, 2.24) is 9.55 Å². The number of carbonyl (C=O) groups excluding carboxylic acids is 1. The number of ether oxygens (including phenoxy) is 3. The standard InChI is InChI=1S/C20H19N3O6/c1-4-8-23-17-15(18(24)22-20(23)26)13(14-11(21-17)9-29-19(14)25)10-6-5-7-12(27-2)16(10)28-3/h4-7,13,21H,1,8-9H2,2-3H3,(H,22,24,26)/t13-/m0/s1. The Hall–Kier alpha value is -3.75. The van der Waals surface area contributed by atoms with Crippen LogP contribution in [0.2, 0.25) is 0 Å². The van der Waals surface area contributed by atoms with Gasteiger partial charge in [-0.2, -0.15) is 0 Å². The molecule has 0 unspecified atom stereocenters. The summed E-state index contributed by atoms with van der Waals surface area (Å²) in [5, 5.41) is 3.05. The molecule has 1 atom stereocenters. The fourth-order valence-corrected chi connectivity index (χ4v) is 3.84. The summed E-state index contributed by atoms with van der Waals surface area (Å²) < 4.78 is 17.5. The number of fused-ring (bicyclic) bond motifs is 1.